The van der Waals surface area contributed by atoms with Crippen LogP contribution in [0, 0.1) is 5.92 Å². The summed E-state index contributed by atoms with van der Waals surface area (Å²) in [4.78, 5) is 8.22. The van der Waals surface area contributed by atoms with Gasteiger partial charge in [-0.15, -0.1) is 0 Å². The van der Waals surface area contributed by atoms with Crippen molar-refractivity contribution in [2.75, 3.05) is 30.5 Å². The Morgan fingerprint density at radius 1 is 1.09 bits per heavy atom. The Bertz CT molecular complexity index is 1020. The van der Waals surface area contributed by atoms with Gasteiger partial charge in [0.1, 0.15) is 17.1 Å². The van der Waals surface area contributed by atoms with Crippen molar-refractivity contribution in [3.63, 3.8) is 0 Å². The minimum absolute atomic E-state index is 0.0952. The molecular formula is C21H25F3N6O2. The number of fused-ring (bicyclic) bond motifs is 4. The largest absolute Gasteiger partial charge is 0.487 e. The van der Waals surface area contributed by atoms with Crippen LogP contribution in [0.3, 0.4) is 0 Å². The molecular weight excluding hydrogens is 425 g/mol. The fourth-order valence-corrected chi connectivity index (χ4v) is 4.80. The van der Waals surface area contributed by atoms with Crippen molar-refractivity contribution in [3.05, 3.63) is 17.5 Å². The van der Waals surface area contributed by atoms with Crippen LogP contribution in [-0.4, -0.2) is 45.6 Å². The van der Waals surface area contributed by atoms with Crippen molar-refractivity contribution in [1.82, 2.24) is 19.7 Å². The molecule has 32 heavy (non-hydrogen) atoms. The van der Waals surface area contributed by atoms with E-state index in [1.54, 1.807) is 0 Å². The summed E-state index contributed by atoms with van der Waals surface area (Å²) in [6.07, 6.45) is 1.96. The molecule has 2 unspecified atom stereocenters. The Labute approximate surface area is 182 Å². The molecule has 3 atom stereocenters. The van der Waals surface area contributed by atoms with Gasteiger partial charge in [-0.25, -0.2) is 9.67 Å². The van der Waals surface area contributed by atoms with E-state index in [0.29, 0.717) is 31.4 Å². The molecule has 2 aliphatic heterocycles. The van der Waals surface area contributed by atoms with E-state index in [2.05, 4.69) is 20.6 Å². The number of nitrogens with one attached hydrogen (secondary N) is 2. The van der Waals surface area contributed by atoms with E-state index in [0.717, 1.165) is 50.4 Å². The summed E-state index contributed by atoms with van der Waals surface area (Å²) >= 11 is 0. The number of hydrogen-bond donors (Lipinski definition) is 2. The molecule has 8 nitrogen and oxygen atoms in total. The Morgan fingerprint density at radius 2 is 1.97 bits per heavy atom. The van der Waals surface area contributed by atoms with Crippen LogP contribution >= 0.6 is 0 Å². The molecule has 0 aromatic carbocycles. The lowest BCUT2D eigenvalue weighted by atomic mass is 9.80. The van der Waals surface area contributed by atoms with Gasteiger partial charge in [-0.3, -0.25) is 0 Å². The fourth-order valence-electron chi connectivity index (χ4n) is 4.80. The lowest BCUT2D eigenvalue weighted by molar-refractivity contribution is -0.137. The van der Waals surface area contributed by atoms with E-state index in [-0.39, 0.29) is 35.7 Å². The molecule has 11 heteroatoms. The molecule has 4 heterocycles. The van der Waals surface area contributed by atoms with Crippen LogP contribution in [0.2, 0.25) is 0 Å². The van der Waals surface area contributed by atoms with Gasteiger partial charge < -0.3 is 20.1 Å². The predicted octanol–water partition coefficient (Wildman–Crippen LogP) is 4.25. The normalized spacial score (nSPS) is 27.5. The van der Waals surface area contributed by atoms with Gasteiger partial charge >= 0.3 is 6.18 Å². The Morgan fingerprint density at radius 3 is 2.62 bits per heavy atom. The summed E-state index contributed by atoms with van der Waals surface area (Å²) < 4.78 is 54.6. The van der Waals surface area contributed by atoms with Crippen LogP contribution in [0.25, 0.3) is 0 Å². The predicted molar refractivity (Wildman–Crippen MR) is 109 cm³/mol. The lowest BCUT2D eigenvalue weighted by Crippen LogP contribution is -2.42. The van der Waals surface area contributed by atoms with Crippen molar-refractivity contribution < 1.29 is 22.6 Å². The first kappa shape index (κ1) is 20.1. The third kappa shape index (κ3) is 3.37. The first-order valence-electron chi connectivity index (χ1n) is 11.3. The maximum atomic E-state index is 13.6. The van der Waals surface area contributed by atoms with Crippen LogP contribution in [0.1, 0.15) is 61.7 Å². The minimum atomic E-state index is -4.54. The van der Waals surface area contributed by atoms with Crippen LogP contribution in [0.4, 0.5) is 30.8 Å². The highest BCUT2D eigenvalue weighted by Crippen LogP contribution is 2.45. The lowest BCUT2D eigenvalue weighted by Gasteiger charge is -2.37. The number of ether oxygens (including phenoxy) is 2. The van der Waals surface area contributed by atoms with E-state index in [4.69, 9.17) is 14.6 Å². The molecule has 6 rings (SSSR count). The second-order valence-corrected chi connectivity index (χ2v) is 9.13. The standard InChI is InChI=1S/C21H25F3N6O2/c22-21(23,24)14-8-25-20-27-18(14)26-15-5-4-11(15)10-32-17-16(12-6-7-31-9-12)29-30(19(17)28-20)13-2-1-3-13/h8,11-13,15H,1-7,9-10H2,(H2,25,26,27,28)/t11-,12?,15?/m0/s1. The highest BCUT2D eigenvalue weighted by Gasteiger charge is 2.40. The highest BCUT2D eigenvalue weighted by molar-refractivity contribution is 5.63. The molecule has 2 N–H and O–H groups in total. The highest BCUT2D eigenvalue weighted by atomic mass is 19.4. The summed E-state index contributed by atoms with van der Waals surface area (Å²) in [6, 6.07) is 0.102. The van der Waals surface area contributed by atoms with Crippen LogP contribution in [0.5, 0.6) is 5.75 Å². The molecule has 2 aliphatic carbocycles. The summed E-state index contributed by atoms with van der Waals surface area (Å²) in [5.41, 5.74) is -0.00232. The average Bonchev–Trinajstić information content (AvgIpc) is 3.32. The van der Waals surface area contributed by atoms with Crippen molar-refractivity contribution in [2.45, 2.75) is 62.7 Å². The molecule has 172 valence electrons. The van der Waals surface area contributed by atoms with Gasteiger partial charge in [-0.2, -0.15) is 23.3 Å². The first-order valence-corrected chi connectivity index (χ1v) is 11.3. The van der Waals surface area contributed by atoms with Crippen molar-refractivity contribution >= 4 is 17.6 Å². The summed E-state index contributed by atoms with van der Waals surface area (Å²) in [6.45, 7) is 1.68. The SMILES string of the molecule is FC(F)(F)c1cnc2nc1NC1CC[C@H]1COc1c(C3CCOC3)nn(C3CCC3)c1N2. The number of anilines is 3. The van der Waals surface area contributed by atoms with Crippen LogP contribution < -0.4 is 15.4 Å². The second-order valence-electron chi connectivity index (χ2n) is 9.13. The number of rotatable bonds is 2. The minimum Gasteiger partial charge on any atom is -0.487 e. The van der Waals surface area contributed by atoms with Crippen LogP contribution in [-0.2, 0) is 10.9 Å². The van der Waals surface area contributed by atoms with Crippen molar-refractivity contribution in [1.29, 1.82) is 0 Å². The van der Waals surface area contributed by atoms with Gasteiger partial charge in [-0.1, -0.05) is 0 Å². The van der Waals surface area contributed by atoms with Gasteiger partial charge in [-0.05, 0) is 38.5 Å². The molecule has 4 aliphatic rings. The topological polar surface area (TPSA) is 86.1 Å². The van der Waals surface area contributed by atoms with E-state index < -0.39 is 11.7 Å². The Kier molecular flexibility index (Phi) is 4.70. The summed E-state index contributed by atoms with van der Waals surface area (Å²) in [5.74, 6) is 1.42. The van der Waals surface area contributed by atoms with Crippen molar-refractivity contribution in [2.24, 2.45) is 5.92 Å². The molecule has 0 spiro atoms. The molecule has 1 saturated heterocycles. The van der Waals surface area contributed by atoms with E-state index in [9.17, 15) is 13.2 Å². The molecule has 2 bridgehead atoms. The zero-order chi connectivity index (χ0) is 21.9. The molecule has 2 aromatic rings. The van der Waals surface area contributed by atoms with E-state index in [1.165, 1.54) is 0 Å². The second kappa shape index (κ2) is 7.50. The maximum Gasteiger partial charge on any atom is 0.421 e. The molecule has 2 aromatic heterocycles. The maximum absolute atomic E-state index is 13.6. The van der Waals surface area contributed by atoms with E-state index >= 15 is 0 Å². The third-order valence-electron chi connectivity index (χ3n) is 7.13. The molecule has 0 radical (unpaired) electrons. The number of alkyl halides is 3. The van der Waals surface area contributed by atoms with Crippen molar-refractivity contribution in [3.8, 4) is 5.75 Å². The number of hydrogen-bond acceptors (Lipinski definition) is 7. The van der Waals surface area contributed by atoms with E-state index in [1.807, 2.05) is 4.68 Å². The smallest absolute Gasteiger partial charge is 0.421 e. The fraction of sp³-hybridized carbons (Fsp3) is 0.667. The molecule has 0 amide bonds. The van der Waals surface area contributed by atoms with Gasteiger partial charge in [0.05, 0.1) is 19.3 Å². The average molecular weight is 450 g/mol. The zero-order valence-electron chi connectivity index (χ0n) is 17.5. The first-order chi connectivity index (χ1) is 15.5. The third-order valence-corrected chi connectivity index (χ3v) is 7.13. The quantitative estimate of drug-likeness (QED) is 0.708. The Balaban J connectivity index is 1.46. The van der Waals surface area contributed by atoms with Gasteiger partial charge in [0.25, 0.3) is 0 Å². The number of halogens is 3. The Hall–Kier alpha value is -2.56. The van der Waals surface area contributed by atoms with Gasteiger partial charge in [0, 0.05) is 30.7 Å². The summed E-state index contributed by atoms with van der Waals surface area (Å²) in [5, 5.41) is 11.1. The molecule has 2 saturated carbocycles. The van der Waals surface area contributed by atoms with Gasteiger partial charge in [0.2, 0.25) is 5.95 Å². The summed E-state index contributed by atoms with van der Waals surface area (Å²) in [7, 11) is 0. The molecule has 3 fully saturated rings. The van der Waals surface area contributed by atoms with Gasteiger partial charge in [0.15, 0.2) is 11.6 Å². The number of nitrogens with zero attached hydrogens (tertiary/aromatic N) is 4. The zero-order valence-corrected chi connectivity index (χ0v) is 17.5. The van der Waals surface area contributed by atoms with Crippen LogP contribution in [0.15, 0.2) is 6.20 Å². The number of aromatic nitrogens is 4. The monoisotopic (exact) mass is 450 g/mol.